The van der Waals surface area contributed by atoms with Gasteiger partial charge in [0.1, 0.15) is 6.61 Å². The number of hydrogen-bond donors (Lipinski definition) is 2. The van der Waals surface area contributed by atoms with Gasteiger partial charge in [0.15, 0.2) is 0 Å². The molecule has 0 rings (SSSR count). The van der Waals surface area contributed by atoms with Gasteiger partial charge in [-0.3, -0.25) is 0 Å². The topological polar surface area (TPSA) is 83.8 Å². The van der Waals surface area contributed by atoms with Gasteiger partial charge in [-0.1, -0.05) is 13.2 Å². The van der Waals surface area contributed by atoms with E-state index < -0.39 is 72.8 Å². The molecular weight excluding hydrogens is 557 g/mol. The largest absolute Gasteiger partial charge is 0.478 e. The third-order valence-electron chi connectivity index (χ3n) is 3.71. The number of carbonyl (C=O) groups is 2. The fourth-order valence-electron chi connectivity index (χ4n) is 1.88. The number of rotatable bonds is 10. The molecule has 212 valence electrons. The van der Waals surface area contributed by atoms with Crippen molar-refractivity contribution in [2.75, 3.05) is 6.61 Å². The summed E-state index contributed by atoms with van der Waals surface area (Å²) < 4.78 is 199. The molecule has 2 N–H and O–H groups in total. The van der Waals surface area contributed by atoms with E-state index >= 15 is 0 Å². The standard InChI is InChI=1S/C13H9F15O3.C3H4O2/c1-2-6(30)31-4-5(29)3-7(14,15)9(17,18)11(21,22)10(19,20)8(16,12(23,24)25)13(26,27)28;1-2-3(4)5/h2,5,29H,1,3-4H2;2H,1H2,(H,4,5). The minimum Gasteiger partial charge on any atom is -0.478 e. The first kappa shape index (κ1) is 35.5. The van der Waals surface area contributed by atoms with E-state index in [2.05, 4.69) is 17.9 Å². The molecule has 0 saturated heterocycles. The maximum absolute atomic E-state index is 13.5. The lowest BCUT2D eigenvalue weighted by molar-refractivity contribution is -0.457. The Morgan fingerprint density at radius 1 is 0.722 bits per heavy atom. The molecule has 0 aromatic heterocycles. The van der Waals surface area contributed by atoms with E-state index in [9.17, 15) is 75.4 Å². The van der Waals surface area contributed by atoms with Gasteiger partial charge in [-0.25, -0.2) is 14.0 Å². The van der Waals surface area contributed by atoms with Gasteiger partial charge in [0.05, 0.1) is 6.10 Å². The molecule has 0 saturated carbocycles. The third-order valence-corrected chi connectivity index (χ3v) is 3.71. The Morgan fingerprint density at radius 2 is 1.08 bits per heavy atom. The highest BCUT2D eigenvalue weighted by Crippen LogP contribution is 2.64. The van der Waals surface area contributed by atoms with E-state index in [1.807, 2.05) is 0 Å². The number of halogens is 15. The molecule has 0 spiro atoms. The average Bonchev–Trinajstić information content (AvgIpc) is 2.68. The van der Waals surface area contributed by atoms with E-state index in [4.69, 9.17) is 10.2 Å². The van der Waals surface area contributed by atoms with Crippen LogP contribution in [0.4, 0.5) is 65.9 Å². The van der Waals surface area contributed by atoms with Crippen molar-refractivity contribution in [3.63, 3.8) is 0 Å². The number of aliphatic carboxylic acids is 1. The van der Waals surface area contributed by atoms with Crippen LogP contribution in [0.3, 0.4) is 0 Å². The summed E-state index contributed by atoms with van der Waals surface area (Å²) in [5.74, 6) is -33.8. The quantitative estimate of drug-likeness (QED) is 0.217. The van der Waals surface area contributed by atoms with Crippen molar-refractivity contribution in [1.82, 2.24) is 0 Å². The smallest absolute Gasteiger partial charge is 0.438 e. The van der Waals surface area contributed by atoms with Crippen LogP contribution in [-0.4, -0.2) is 76.6 Å². The minimum atomic E-state index is -8.52. The van der Waals surface area contributed by atoms with E-state index in [1.54, 1.807) is 0 Å². The zero-order chi connectivity index (χ0) is 29.8. The van der Waals surface area contributed by atoms with Gasteiger partial charge in [0, 0.05) is 18.6 Å². The van der Waals surface area contributed by atoms with Crippen LogP contribution in [0.2, 0.25) is 0 Å². The number of carboxylic acid groups (broad SMARTS) is 1. The second-order valence-corrected chi connectivity index (χ2v) is 6.32. The number of esters is 1. The van der Waals surface area contributed by atoms with E-state index in [-0.39, 0.29) is 0 Å². The highest BCUT2D eigenvalue weighted by atomic mass is 19.4. The van der Waals surface area contributed by atoms with Crippen LogP contribution in [0.1, 0.15) is 6.42 Å². The van der Waals surface area contributed by atoms with E-state index in [1.165, 1.54) is 0 Å². The monoisotopic (exact) mass is 570 g/mol. The number of alkyl halides is 15. The summed E-state index contributed by atoms with van der Waals surface area (Å²) in [4.78, 5) is 19.9. The lowest BCUT2D eigenvalue weighted by atomic mass is 9.85. The molecule has 0 radical (unpaired) electrons. The van der Waals surface area contributed by atoms with Gasteiger partial charge in [0.2, 0.25) is 0 Å². The molecule has 1 unspecified atom stereocenters. The normalized spacial score (nSPS) is 14.8. The number of aliphatic hydroxyl groups is 1. The highest BCUT2D eigenvalue weighted by molar-refractivity contribution is 5.81. The van der Waals surface area contributed by atoms with Crippen LogP contribution in [-0.2, 0) is 14.3 Å². The zero-order valence-corrected chi connectivity index (χ0v) is 16.8. The van der Waals surface area contributed by atoms with Crippen molar-refractivity contribution >= 4 is 11.9 Å². The molecule has 0 aliphatic rings. The van der Waals surface area contributed by atoms with Gasteiger partial charge >= 0.3 is 53.7 Å². The molecule has 5 nitrogen and oxygen atoms in total. The first-order valence-electron chi connectivity index (χ1n) is 8.28. The molecule has 0 heterocycles. The first-order chi connectivity index (χ1) is 15.6. The van der Waals surface area contributed by atoms with Gasteiger partial charge in [0.25, 0.3) is 0 Å². The lowest BCUT2D eigenvalue weighted by Crippen LogP contribution is -2.75. The van der Waals surface area contributed by atoms with Crippen LogP contribution >= 0.6 is 0 Å². The molecule has 0 aromatic rings. The van der Waals surface area contributed by atoms with Crippen LogP contribution in [0.5, 0.6) is 0 Å². The Hall–Kier alpha value is -2.67. The van der Waals surface area contributed by atoms with Crippen molar-refractivity contribution < 1.29 is 90.4 Å². The van der Waals surface area contributed by atoms with Crippen LogP contribution < -0.4 is 0 Å². The second-order valence-electron chi connectivity index (χ2n) is 6.32. The Kier molecular flexibility index (Phi) is 11.0. The summed E-state index contributed by atoms with van der Waals surface area (Å²) >= 11 is 0. The number of ether oxygens (including phenoxy) is 1. The van der Waals surface area contributed by atoms with E-state index in [0.717, 1.165) is 6.08 Å². The summed E-state index contributed by atoms with van der Waals surface area (Å²) in [6.07, 6.45) is -21.0. The predicted molar refractivity (Wildman–Crippen MR) is 85.3 cm³/mol. The summed E-state index contributed by atoms with van der Waals surface area (Å²) in [5, 5.41) is 16.6. The summed E-state index contributed by atoms with van der Waals surface area (Å²) in [6, 6.07) is 0. The SMILES string of the molecule is C=CC(=O)O.C=CC(=O)OCC(O)CC(F)(F)C(F)(F)C(F)(F)C(F)(F)C(F)(C(F)(F)F)C(F)(F)F. The summed E-state index contributed by atoms with van der Waals surface area (Å²) in [6.45, 7) is 4.02. The lowest BCUT2D eigenvalue weighted by Gasteiger charge is -2.43. The van der Waals surface area contributed by atoms with Crippen LogP contribution in [0.25, 0.3) is 0 Å². The average molecular weight is 570 g/mol. The zero-order valence-electron chi connectivity index (χ0n) is 16.8. The fraction of sp³-hybridized carbons (Fsp3) is 0.625. The van der Waals surface area contributed by atoms with Crippen molar-refractivity contribution in [1.29, 1.82) is 0 Å². The van der Waals surface area contributed by atoms with Crippen LogP contribution in [0, 0.1) is 0 Å². The van der Waals surface area contributed by atoms with Crippen molar-refractivity contribution in [2.45, 2.75) is 54.2 Å². The summed E-state index contributed by atoms with van der Waals surface area (Å²) in [7, 11) is 0. The Labute approximate surface area is 189 Å². The van der Waals surface area contributed by atoms with Crippen molar-refractivity contribution in [3.05, 3.63) is 25.3 Å². The third kappa shape index (κ3) is 6.75. The number of carboxylic acids is 1. The molecule has 0 aromatic carbocycles. The maximum Gasteiger partial charge on any atom is 0.438 e. The molecule has 20 heteroatoms. The molecule has 0 amide bonds. The van der Waals surface area contributed by atoms with Gasteiger partial charge in [-0.15, -0.1) is 0 Å². The molecule has 0 bridgehead atoms. The first-order valence-corrected chi connectivity index (χ1v) is 8.28. The van der Waals surface area contributed by atoms with Crippen molar-refractivity contribution in [3.8, 4) is 0 Å². The van der Waals surface area contributed by atoms with Gasteiger partial charge in [-0.2, -0.15) is 61.5 Å². The van der Waals surface area contributed by atoms with E-state index in [0.29, 0.717) is 6.08 Å². The van der Waals surface area contributed by atoms with Gasteiger partial charge in [-0.05, 0) is 0 Å². The van der Waals surface area contributed by atoms with Crippen LogP contribution in [0.15, 0.2) is 25.3 Å². The fourth-order valence-corrected chi connectivity index (χ4v) is 1.88. The molecular formula is C16H13F15O5. The Bertz CT molecular complexity index is 787. The molecule has 0 fully saturated rings. The molecule has 0 aliphatic heterocycles. The maximum atomic E-state index is 13.5. The summed E-state index contributed by atoms with van der Waals surface area (Å²) in [5.41, 5.74) is -8.38. The Morgan fingerprint density at radius 3 is 1.36 bits per heavy atom. The predicted octanol–water partition coefficient (Wildman–Crippen LogP) is 5.10. The number of carbonyl (C=O) groups excluding carboxylic acids is 1. The number of hydrogen-bond acceptors (Lipinski definition) is 4. The number of aliphatic hydroxyl groups excluding tert-OH is 1. The Balaban J connectivity index is 0. The van der Waals surface area contributed by atoms with Gasteiger partial charge < -0.3 is 14.9 Å². The minimum absolute atomic E-state index is 0.323. The van der Waals surface area contributed by atoms with Crippen molar-refractivity contribution in [2.24, 2.45) is 0 Å². The highest BCUT2D eigenvalue weighted by Gasteiger charge is 2.95. The molecule has 1 atom stereocenters. The second kappa shape index (κ2) is 11.2. The molecule has 36 heavy (non-hydrogen) atoms. The molecule has 0 aliphatic carbocycles.